The van der Waals surface area contributed by atoms with Gasteiger partial charge in [-0.15, -0.1) is 0 Å². The normalized spacial score (nSPS) is 10.7. The van der Waals surface area contributed by atoms with E-state index in [1.807, 2.05) is 55.5 Å². The van der Waals surface area contributed by atoms with Gasteiger partial charge in [0.15, 0.2) is 5.78 Å². The number of nitrogens with zero attached hydrogens (tertiary/aromatic N) is 1. The maximum atomic E-state index is 12.8. The number of hydrogen-bond donors (Lipinski definition) is 0. The second kappa shape index (κ2) is 5.32. The Morgan fingerprint density at radius 1 is 1.00 bits per heavy atom. The standard InChI is InChI=1S/C17H12INO/c1-11-5-2-7-14(16(11)18)17(20)13-6-3-9-15-12(13)8-4-10-19-15/h2-10H,1H3. The smallest absolute Gasteiger partial charge is 0.194 e. The summed E-state index contributed by atoms with van der Waals surface area (Å²) in [5.41, 5.74) is 3.43. The van der Waals surface area contributed by atoms with Crippen LogP contribution in [0.15, 0.2) is 54.7 Å². The van der Waals surface area contributed by atoms with Crippen LogP contribution in [0.2, 0.25) is 0 Å². The fourth-order valence-electron chi connectivity index (χ4n) is 2.27. The van der Waals surface area contributed by atoms with Gasteiger partial charge in [0.2, 0.25) is 0 Å². The number of halogens is 1. The Morgan fingerprint density at radius 3 is 2.60 bits per heavy atom. The SMILES string of the molecule is Cc1cccc(C(=O)c2cccc3ncccc23)c1I. The summed E-state index contributed by atoms with van der Waals surface area (Å²) < 4.78 is 1.01. The number of aromatic nitrogens is 1. The molecule has 0 spiro atoms. The lowest BCUT2D eigenvalue weighted by molar-refractivity contribution is 0.103. The van der Waals surface area contributed by atoms with Gasteiger partial charge in [-0.3, -0.25) is 9.78 Å². The lowest BCUT2D eigenvalue weighted by Crippen LogP contribution is -2.05. The highest BCUT2D eigenvalue weighted by atomic mass is 127. The van der Waals surface area contributed by atoms with Crippen molar-refractivity contribution in [3.63, 3.8) is 0 Å². The van der Waals surface area contributed by atoms with Crippen LogP contribution in [0.4, 0.5) is 0 Å². The molecule has 0 aliphatic carbocycles. The lowest BCUT2D eigenvalue weighted by atomic mass is 9.98. The summed E-state index contributed by atoms with van der Waals surface area (Å²) in [5.74, 6) is 0.0525. The van der Waals surface area contributed by atoms with Gasteiger partial charge in [0.1, 0.15) is 0 Å². The van der Waals surface area contributed by atoms with E-state index < -0.39 is 0 Å². The number of benzene rings is 2. The van der Waals surface area contributed by atoms with Gasteiger partial charge in [-0.25, -0.2) is 0 Å². The van der Waals surface area contributed by atoms with Crippen LogP contribution in [0.25, 0.3) is 10.9 Å². The zero-order valence-corrected chi connectivity index (χ0v) is 13.1. The molecule has 0 radical (unpaired) electrons. The van der Waals surface area contributed by atoms with E-state index in [1.165, 1.54) is 0 Å². The first kappa shape index (κ1) is 13.2. The van der Waals surface area contributed by atoms with Crippen molar-refractivity contribution in [2.75, 3.05) is 0 Å². The molecule has 2 aromatic carbocycles. The van der Waals surface area contributed by atoms with Crippen molar-refractivity contribution < 1.29 is 4.79 Å². The Morgan fingerprint density at radius 2 is 1.75 bits per heavy atom. The summed E-state index contributed by atoms with van der Waals surface area (Å²) >= 11 is 2.23. The number of carbonyl (C=O) groups excluding carboxylic acids is 1. The quantitative estimate of drug-likeness (QED) is 0.493. The third-order valence-electron chi connectivity index (χ3n) is 3.33. The van der Waals surface area contributed by atoms with Gasteiger partial charge in [-0.1, -0.05) is 30.3 Å². The number of fused-ring (bicyclic) bond motifs is 1. The van der Waals surface area contributed by atoms with Gasteiger partial charge >= 0.3 is 0 Å². The first-order chi connectivity index (χ1) is 9.68. The van der Waals surface area contributed by atoms with E-state index in [4.69, 9.17) is 0 Å². The molecule has 0 unspecified atom stereocenters. The molecular formula is C17H12INO. The Bertz CT molecular complexity index is 806. The fraction of sp³-hybridized carbons (Fsp3) is 0.0588. The van der Waals surface area contributed by atoms with Crippen LogP contribution in [-0.4, -0.2) is 10.8 Å². The predicted octanol–water partition coefficient (Wildman–Crippen LogP) is 4.38. The van der Waals surface area contributed by atoms with E-state index in [9.17, 15) is 4.79 Å². The summed E-state index contributed by atoms with van der Waals surface area (Å²) in [6.07, 6.45) is 1.74. The Balaban J connectivity index is 2.21. The Hall–Kier alpha value is -1.75. The fourth-order valence-corrected chi connectivity index (χ4v) is 2.87. The first-order valence-corrected chi connectivity index (χ1v) is 7.40. The Kier molecular flexibility index (Phi) is 3.53. The highest BCUT2D eigenvalue weighted by Crippen LogP contribution is 2.24. The molecule has 0 bridgehead atoms. The molecule has 0 amide bonds. The molecule has 2 nitrogen and oxygen atoms in total. The molecule has 1 heterocycles. The number of pyridine rings is 1. The molecule has 0 saturated carbocycles. The zero-order chi connectivity index (χ0) is 14.1. The van der Waals surface area contributed by atoms with Crippen molar-refractivity contribution in [2.24, 2.45) is 0 Å². The molecule has 0 fully saturated rings. The molecule has 3 heteroatoms. The van der Waals surface area contributed by atoms with Gasteiger partial charge < -0.3 is 0 Å². The lowest BCUT2D eigenvalue weighted by Gasteiger charge is -2.08. The van der Waals surface area contributed by atoms with Crippen LogP contribution < -0.4 is 0 Å². The maximum absolute atomic E-state index is 12.8. The van der Waals surface area contributed by atoms with Crippen LogP contribution in [0.3, 0.4) is 0 Å². The van der Waals surface area contributed by atoms with Crippen molar-refractivity contribution in [2.45, 2.75) is 6.92 Å². The van der Waals surface area contributed by atoms with E-state index >= 15 is 0 Å². The van der Waals surface area contributed by atoms with Gasteiger partial charge in [0.25, 0.3) is 0 Å². The van der Waals surface area contributed by atoms with E-state index in [0.717, 1.165) is 25.6 Å². The number of ketones is 1. The molecule has 3 rings (SSSR count). The molecule has 1 aromatic heterocycles. The minimum absolute atomic E-state index is 0.0525. The van der Waals surface area contributed by atoms with Crippen LogP contribution in [-0.2, 0) is 0 Å². The molecule has 3 aromatic rings. The third-order valence-corrected chi connectivity index (χ3v) is 4.76. The van der Waals surface area contributed by atoms with Crippen LogP contribution in [0.1, 0.15) is 21.5 Å². The van der Waals surface area contributed by atoms with Crippen molar-refractivity contribution in [1.82, 2.24) is 4.98 Å². The van der Waals surface area contributed by atoms with Crippen LogP contribution in [0, 0.1) is 10.5 Å². The molecule has 0 aliphatic heterocycles. The predicted molar refractivity (Wildman–Crippen MR) is 89.1 cm³/mol. The number of hydrogen-bond acceptors (Lipinski definition) is 2. The minimum atomic E-state index is 0.0525. The van der Waals surface area contributed by atoms with E-state index in [2.05, 4.69) is 27.6 Å². The van der Waals surface area contributed by atoms with Gasteiger partial charge in [-0.05, 0) is 53.3 Å². The van der Waals surface area contributed by atoms with E-state index in [0.29, 0.717) is 5.56 Å². The van der Waals surface area contributed by atoms with Crippen molar-refractivity contribution in [3.05, 3.63) is 75.0 Å². The second-order valence-corrected chi connectivity index (χ2v) is 5.72. The second-order valence-electron chi connectivity index (χ2n) is 4.64. The number of aryl methyl sites for hydroxylation is 1. The monoisotopic (exact) mass is 373 g/mol. The third kappa shape index (κ3) is 2.22. The topological polar surface area (TPSA) is 30.0 Å². The maximum Gasteiger partial charge on any atom is 0.194 e. The summed E-state index contributed by atoms with van der Waals surface area (Å²) in [6.45, 7) is 2.02. The first-order valence-electron chi connectivity index (χ1n) is 6.32. The minimum Gasteiger partial charge on any atom is -0.289 e. The molecule has 0 atom stereocenters. The Labute approximate surface area is 131 Å². The highest BCUT2D eigenvalue weighted by molar-refractivity contribution is 14.1. The van der Waals surface area contributed by atoms with Gasteiger partial charge in [-0.2, -0.15) is 0 Å². The van der Waals surface area contributed by atoms with Crippen LogP contribution >= 0.6 is 22.6 Å². The van der Waals surface area contributed by atoms with Gasteiger partial charge in [0.05, 0.1) is 5.52 Å². The average molecular weight is 373 g/mol. The molecule has 0 saturated heterocycles. The molecule has 0 N–H and O–H groups in total. The van der Waals surface area contributed by atoms with Crippen molar-refractivity contribution in [3.8, 4) is 0 Å². The van der Waals surface area contributed by atoms with Crippen LogP contribution in [0.5, 0.6) is 0 Å². The van der Waals surface area contributed by atoms with E-state index in [1.54, 1.807) is 6.20 Å². The van der Waals surface area contributed by atoms with Crippen molar-refractivity contribution in [1.29, 1.82) is 0 Å². The summed E-state index contributed by atoms with van der Waals surface area (Å²) in [5, 5.41) is 0.900. The molecule has 0 aliphatic rings. The number of carbonyl (C=O) groups is 1. The average Bonchev–Trinajstić information content (AvgIpc) is 2.49. The number of rotatable bonds is 2. The van der Waals surface area contributed by atoms with Gasteiger partial charge in [0, 0.05) is 26.3 Å². The molecule has 98 valence electrons. The summed E-state index contributed by atoms with van der Waals surface area (Å²) in [7, 11) is 0. The largest absolute Gasteiger partial charge is 0.289 e. The van der Waals surface area contributed by atoms with Crippen molar-refractivity contribution >= 4 is 39.3 Å². The highest BCUT2D eigenvalue weighted by Gasteiger charge is 2.16. The molecular weight excluding hydrogens is 361 g/mol. The zero-order valence-electron chi connectivity index (χ0n) is 10.9. The summed E-state index contributed by atoms with van der Waals surface area (Å²) in [4.78, 5) is 17.1. The van der Waals surface area contributed by atoms with E-state index in [-0.39, 0.29) is 5.78 Å². The summed E-state index contributed by atoms with van der Waals surface area (Å²) in [6, 6.07) is 15.3. The molecule has 20 heavy (non-hydrogen) atoms.